The fraction of sp³-hybridized carbons (Fsp3) is 0.143. The maximum atomic E-state index is 8.98. The zero-order valence-electron chi connectivity index (χ0n) is 9.09. The lowest BCUT2D eigenvalue weighted by Gasteiger charge is -2.06. The number of aliphatic hydroxyl groups excluding tert-OH is 1. The Morgan fingerprint density at radius 1 is 0.750 bits per heavy atom. The Morgan fingerprint density at radius 3 is 1.62 bits per heavy atom. The van der Waals surface area contributed by atoms with Gasteiger partial charge in [0.2, 0.25) is 0 Å². The molecule has 0 bridgehead atoms. The van der Waals surface area contributed by atoms with Crippen LogP contribution in [-0.2, 0) is 0 Å². The van der Waals surface area contributed by atoms with Gasteiger partial charge in [0.1, 0.15) is 0 Å². The Morgan fingerprint density at radius 2 is 1.19 bits per heavy atom. The predicted octanol–water partition coefficient (Wildman–Crippen LogP) is 2.65. The van der Waals surface area contributed by atoms with Crippen molar-refractivity contribution in [1.29, 1.82) is 0 Å². The van der Waals surface area contributed by atoms with E-state index in [4.69, 9.17) is 10.2 Å². The Bertz CT molecular complexity index is 455. The molecule has 82 valence electrons. The van der Waals surface area contributed by atoms with Crippen LogP contribution in [-0.4, -0.2) is 10.2 Å². The summed E-state index contributed by atoms with van der Waals surface area (Å²) in [6.45, 7) is 2.05. The van der Waals surface area contributed by atoms with Crippen molar-refractivity contribution in [2.24, 2.45) is 0 Å². The number of hydrogen-bond acceptors (Lipinski definition) is 2. The second-order valence-corrected chi connectivity index (χ2v) is 3.86. The van der Waals surface area contributed by atoms with Gasteiger partial charge in [-0.05, 0) is 18.1 Å². The standard InChI is InChI=1S/C14H14O2/c1-10-2-4-11(5-3-10)12-6-8-13(9-7-12)14(15)16/h2-9,14-16H,1H3. The van der Waals surface area contributed by atoms with Gasteiger partial charge in [-0.1, -0.05) is 54.1 Å². The average Bonchev–Trinajstić information content (AvgIpc) is 2.30. The van der Waals surface area contributed by atoms with E-state index in [0.717, 1.165) is 11.1 Å². The summed E-state index contributed by atoms with van der Waals surface area (Å²) in [6, 6.07) is 15.5. The van der Waals surface area contributed by atoms with E-state index in [1.54, 1.807) is 12.1 Å². The van der Waals surface area contributed by atoms with Gasteiger partial charge >= 0.3 is 0 Å². The van der Waals surface area contributed by atoms with Crippen LogP contribution in [0.1, 0.15) is 17.4 Å². The van der Waals surface area contributed by atoms with Gasteiger partial charge in [-0.2, -0.15) is 0 Å². The minimum Gasteiger partial charge on any atom is -0.364 e. The molecule has 0 aliphatic heterocycles. The van der Waals surface area contributed by atoms with E-state index in [1.807, 2.05) is 12.1 Å². The molecule has 2 aromatic rings. The molecule has 0 spiro atoms. The van der Waals surface area contributed by atoms with E-state index in [2.05, 4.69) is 31.2 Å². The maximum absolute atomic E-state index is 8.98. The summed E-state index contributed by atoms with van der Waals surface area (Å²) in [5, 5.41) is 18.0. The molecule has 0 radical (unpaired) electrons. The molecule has 0 heterocycles. The second kappa shape index (κ2) is 4.47. The summed E-state index contributed by atoms with van der Waals surface area (Å²) in [5.41, 5.74) is 3.94. The molecular weight excluding hydrogens is 200 g/mol. The Balaban J connectivity index is 2.31. The van der Waals surface area contributed by atoms with E-state index in [9.17, 15) is 0 Å². The first-order chi connectivity index (χ1) is 7.66. The van der Waals surface area contributed by atoms with Gasteiger partial charge < -0.3 is 10.2 Å². The van der Waals surface area contributed by atoms with Crippen LogP contribution in [0.15, 0.2) is 48.5 Å². The Hall–Kier alpha value is -1.64. The normalized spacial score (nSPS) is 10.8. The third kappa shape index (κ3) is 2.30. The fourth-order valence-electron chi connectivity index (χ4n) is 1.59. The highest BCUT2D eigenvalue weighted by atomic mass is 16.5. The van der Waals surface area contributed by atoms with Crippen LogP contribution < -0.4 is 0 Å². The summed E-state index contributed by atoms with van der Waals surface area (Å²) in [5.74, 6) is 0. The number of aryl methyl sites for hydroxylation is 1. The van der Waals surface area contributed by atoms with Gasteiger partial charge in [-0.3, -0.25) is 0 Å². The number of rotatable bonds is 2. The minimum absolute atomic E-state index is 0.510. The molecule has 0 unspecified atom stereocenters. The topological polar surface area (TPSA) is 40.5 Å². The molecule has 2 N–H and O–H groups in total. The van der Waals surface area contributed by atoms with Crippen LogP contribution in [0.2, 0.25) is 0 Å². The molecule has 2 rings (SSSR count). The van der Waals surface area contributed by atoms with Crippen molar-refractivity contribution in [2.75, 3.05) is 0 Å². The quantitative estimate of drug-likeness (QED) is 0.754. The lowest BCUT2D eigenvalue weighted by atomic mass is 10.0. The summed E-state index contributed by atoms with van der Waals surface area (Å²) in [6.07, 6.45) is -1.40. The van der Waals surface area contributed by atoms with Gasteiger partial charge in [0, 0.05) is 5.56 Å². The third-order valence-electron chi connectivity index (χ3n) is 2.59. The molecule has 0 fully saturated rings. The van der Waals surface area contributed by atoms with E-state index >= 15 is 0 Å². The van der Waals surface area contributed by atoms with Gasteiger partial charge in [-0.25, -0.2) is 0 Å². The Labute approximate surface area is 94.8 Å². The number of hydrogen-bond donors (Lipinski definition) is 2. The number of aliphatic hydroxyl groups is 2. The molecule has 0 saturated carbocycles. The van der Waals surface area contributed by atoms with Crippen molar-refractivity contribution in [1.82, 2.24) is 0 Å². The number of benzene rings is 2. The zero-order valence-corrected chi connectivity index (χ0v) is 9.09. The lowest BCUT2D eigenvalue weighted by Crippen LogP contribution is -1.93. The van der Waals surface area contributed by atoms with Crippen LogP contribution in [0, 0.1) is 6.92 Å². The summed E-state index contributed by atoms with van der Waals surface area (Å²) < 4.78 is 0. The van der Waals surface area contributed by atoms with Gasteiger partial charge in [0.25, 0.3) is 0 Å². The molecule has 0 amide bonds. The molecule has 0 aliphatic rings. The van der Waals surface area contributed by atoms with E-state index in [0.29, 0.717) is 5.56 Å². The van der Waals surface area contributed by atoms with Crippen LogP contribution in [0.4, 0.5) is 0 Å². The van der Waals surface area contributed by atoms with Crippen LogP contribution in [0.25, 0.3) is 11.1 Å². The Kier molecular flexibility index (Phi) is 3.04. The molecule has 0 aromatic heterocycles. The molecular formula is C14H14O2. The van der Waals surface area contributed by atoms with Crippen molar-refractivity contribution in [3.63, 3.8) is 0 Å². The monoisotopic (exact) mass is 214 g/mol. The average molecular weight is 214 g/mol. The smallest absolute Gasteiger partial charge is 0.178 e. The molecule has 2 aromatic carbocycles. The van der Waals surface area contributed by atoms with Crippen molar-refractivity contribution in [2.45, 2.75) is 13.2 Å². The second-order valence-electron chi connectivity index (χ2n) is 3.86. The van der Waals surface area contributed by atoms with E-state index in [-0.39, 0.29) is 0 Å². The molecule has 16 heavy (non-hydrogen) atoms. The third-order valence-corrected chi connectivity index (χ3v) is 2.59. The molecule has 0 aliphatic carbocycles. The largest absolute Gasteiger partial charge is 0.364 e. The van der Waals surface area contributed by atoms with Crippen molar-refractivity contribution < 1.29 is 10.2 Å². The first-order valence-corrected chi connectivity index (χ1v) is 5.20. The highest BCUT2D eigenvalue weighted by Crippen LogP contribution is 2.21. The minimum atomic E-state index is -1.40. The van der Waals surface area contributed by atoms with E-state index < -0.39 is 6.29 Å². The van der Waals surface area contributed by atoms with Crippen molar-refractivity contribution >= 4 is 0 Å². The van der Waals surface area contributed by atoms with E-state index in [1.165, 1.54) is 5.56 Å². The van der Waals surface area contributed by atoms with Crippen molar-refractivity contribution in [3.05, 3.63) is 59.7 Å². The molecule has 2 heteroatoms. The molecule has 2 nitrogen and oxygen atoms in total. The lowest BCUT2D eigenvalue weighted by molar-refractivity contribution is -0.0424. The van der Waals surface area contributed by atoms with Crippen molar-refractivity contribution in [3.8, 4) is 11.1 Å². The summed E-state index contributed by atoms with van der Waals surface area (Å²) in [4.78, 5) is 0. The fourth-order valence-corrected chi connectivity index (χ4v) is 1.59. The predicted molar refractivity (Wildman–Crippen MR) is 63.8 cm³/mol. The first kappa shape index (κ1) is 10.9. The first-order valence-electron chi connectivity index (χ1n) is 5.20. The molecule has 0 saturated heterocycles. The van der Waals surface area contributed by atoms with Crippen LogP contribution in [0.3, 0.4) is 0 Å². The van der Waals surface area contributed by atoms with Gasteiger partial charge in [-0.15, -0.1) is 0 Å². The summed E-state index contributed by atoms with van der Waals surface area (Å²) >= 11 is 0. The SMILES string of the molecule is Cc1ccc(-c2ccc(C(O)O)cc2)cc1. The van der Waals surface area contributed by atoms with Gasteiger partial charge in [0.05, 0.1) is 0 Å². The van der Waals surface area contributed by atoms with Crippen LogP contribution in [0.5, 0.6) is 0 Å². The summed E-state index contributed by atoms with van der Waals surface area (Å²) in [7, 11) is 0. The van der Waals surface area contributed by atoms with Crippen LogP contribution >= 0.6 is 0 Å². The maximum Gasteiger partial charge on any atom is 0.178 e. The van der Waals surface area contributed by atoms with Gasteiger partial charge in [0.15, 0.2) is 6.29 Å². The highest BCUT2D eigenvalue weighted by molar-refractivity contribution is 5.63. The zero-order chi connectivity index (χ0) is 11.5. The highest BCUT2D eigenvalue weighted by Gasteiger charge is 2.02. The molecule has 0 atom stereocenters.